The summed E-state index contributed by atoms with van der Waals surface area (Å²) in [6, 6.07) is 19.3. The normalized spacial score (nSPS) is 22.5. The largest absolute Gasteiger partial charge is 0.492 e. The number of fused-ring (bicyclic) bond motifs is 1. The van der Waals surface area contributed by atoms with E-state index in [0.29, 0.717) is 32.3 Å². The van der Waals surface area contributed by atoms with Crippen molar-refractivity contribution in [2.75, 3.05) is 39.5 Å². The van der Waals surface area contributed by atoms with Gasteiger partial charge in [-0.1, -0.05) is 42.5 Å². The summed E-state index contributed by atoms with van der Waals surface area (Å²) in [5, 5.41) is 3.67. The van der Waals surface area contributed by atoms with Crippen LogP contribution in [0.3, 0.4) is 0 Å². The van der Waals surface area contributed by atoms with Crippen molar-refractivity contribution in [3.63, 3.8) is 0 Å². The van der Waals surface area contributed by atoms with Crippen LogP contribution in [0.15, 0.2) is 54.6 Å². The molecule has 2 aromatic rings. The summed E-state index contributed by atoms with van der Waals surface area (Å²) >= 11 is 0. The zero-order valence-corrected chi connectivity index (χ0v) is 19.7. The number of benzene rings is 2. The molecule has 1 aliphatic carbocycles. The summed E-state index contributed by atoms with van der Waals surface area (Å²) in [4.78, 5) is 14.6. The first-order valence-corrected chi connectivity index (χ1v) is 12.2. The van der Waals surface area contributed by atoms with Crippen molar-refractivity contribution in [2.24, 2.45) is 11.8 Å². The quantitative estimate of drug-likeness (QED) is 0.372. The van der Waals surface area contributed by atoms with Gasteiger partial charge in [-0.3, -0.25) is 4.90 Å². The van der Waals surface area contributed by atoms with Crippen LogP contribution in [0, 0.1) is 11.8 Å². The zero-order chi connectivity index (χ0) is 23.0. The van der Waals surface area contributed by atoms with E-state index in [4.69, 9.17) is 14.2 Å². The summed E-state index contributed by atoms with van der Waals surface area (Å²) in [5.74, 6) is 2.10. The lowest BCUT2D eigenvalue weighted by Gasteiger charge is -2.20. The van der Waals surface area contributed by atoms with Gasteiger partial charge in [0.25, 0.3) is 0 Å². The maximum absolute atomic E-state index is 12.0. The number of hydrogen-bond donors (Lipinski definition) is 1. The van der Waals surface area contributed by atoms with E-state index >= 15 is 0 Å². The summed E-state index contributed by atoms with van der Waals surface area (Å²) < 4.78 is 16.6. The number of carbonyl (C=O) groups excluding carboxylic acids is 1. The first kappa shape index (κ1) is 23.7. The number of rotatable bonds is 13. The molecule has 0 amide bonds. The van der Waals surface area contributed by atoms with E-state index in [-0.39, 0.29) is 5.97 Å². The van der Waals surface area contributed by atoms with Crippen LogP contribution >= 0.6 is 0 Å². The maximum Gasteiger partial charge on any atom is 0.335 e. The zero-order valence-electron chi connectivity index (χ0n) is 19.7. The predicted molar refractivity (Wildman–Crippen MR) is 128 cm³/mol. The Morgan fingerprint density at radius 2 is 1.73 bits per heavy atom. The Bertz CT molecular complexity index is 861. The monoisotopic (exact) mass is 452 g/mol. The van der Waals surface area contributed by atoms with Crippen LogP contribution in [-0.2, 0) is 27.2 Å². The van der Waals surface area contributed by atoms with Crippen LogP contribution in [0.1, 0.15) is 25.0 Å². The molecule has 2 aromatic carbocycles. The molecular formula is C27H36N2O4. The highest BCUT2D eigenvalue weighted by Gasteiger charge is 2.55. The minimum Gasteiger partial charge on any atom is -0.492 e. The molecule has 1 saturated heterocycles. The van der Waals surface area contributed by atoms with Gasteiger partial charge in [0.15, 0.2) is 6.10 Å². The number of ether oxygens (including phenoxy) is 3. The lowest BCUT2D eigenvalue weighted by atomic mass is 10.1. The van der Waals surface area contributed by atoms with Gasteiger partial charge in [0.2, 0.25) is 0 Å². The van der Waals surface area contributed by atoms with Gasteiger partial charge >= 0.3 is 5.97 Å². The number of carbonyl (C=O) groups is 1. The Kier molecular flexibility index (Phi) is 8.37. The Hall–Kier alpha value is -2.41. The second-order valence-corrected chi connectivity index (χ2v) is 8.88. The molecule has 4 rings (SSSR count). The SMILES string of the molecule is CCOC(=O)[C@H](Cc1ccc(OCCNC2C3CN(Cc4ccccc4)CC32)cc1)OCC. The molecule has 1 heterocycles. The molecule has 6 nitrogen and oxygen atoms in total. The smallest absolute Gasteiger partial charge is 0.335 e. The molecule has 0 bridgehead atoms. The molecule has 0 spiro atoms. The third kappa shape index (κ3) is 6.56. The molecule has 178 valence electrons. The van der Waals surface area contributed by atoms with Gasteiger partial charge in [0, 0.05) is 45.2 Å². The van der Waals surface area contributed by atoms with Crippen molar-refractivity contribution in [2.45, 2.75) is 39.0 Å². The van der Waals surface area contributed by atoms with Crippen LogP contribution < -0.4 is 10.1 Å². The standard InChI is InChI=1S/C27H36N2O4/c1-3-31-25(27(30)32-4-2)16-20-10-12-22(13-11-20)33-15-14-28-26-23-18-29(19-24(23)26)17-21-8-6-5-7-9-21/h5-13,23-26,28H,3-4,14-19H2,1-2H3/t23?,24?,25-,26?/m0/s1. The predicted octanol–water partition coefficient (Wildman–Crippen LogP) is 3.30. The third-order valence-electron chi connectivity index (χ3n) is 6.53. The van der Waals surface area contributed by atoms with E-state index in [0.717, 1.165) is 36.2 Å². The first-order valence-electron chi connectivity index (χ1n) is 12.2. The average molecular weight is 453 g/mol. The van der Waals surface area contributed by atoms with Gasteiger partial charge in [0.05, 0.1) is 6.61 Å². The van der Waals surface area contributed by atoms with E-state index in [1.165, 1.54) is 18.7 Å². The van der Waals surface area contributed by atoms with Gasteiger partial charge < -0.3 is 19.5 Å². The highest BCUT2D eigenvalue weighted by atomic mass is 16.6. The molecular weight excluding hydrogens is 416 g/mol. The molecule has 1 aliphatic heterocycles. The number of nitrogens with one attached hydrogen (secondary N) is 1. The van der Waals surface area contributed by atoms with Crippen molar-refractivity contribution < 1.29 is 19.0 Å². The number of nitrogens with zero attached hydrogens (tertiary/aromatic N) is 1. The van der Waals surface area contributed by atoms with E-state index in [1.54, 1.807) is 6.92 Å². The Morgan fingerprint density at radius 1 is 1.00 bits per heavy atom. The molecule has 3 atom stereocenters. The van der Waals surface area contributed by atoms with Gasteiger partial charge in [-0.2, -0.15) is 0 Å². The molecule has 0 radical (unpaired) electrons. The summed E-state index contributed by atoms with van der Waals surface area (Å²) in [5.41, 5.74) is 2.43. The van der Waals surface area contributed by atoms with E-state index in [9.17, 15) is 4.79 Å². The van der Waals surface area contributed by atoms with E-state index < -0.39 is 6.10 Å². The number of likely N-dealkylation sites (tertiary alicyclic amines) is 1. The minimum absolute atomic E-state index is 0.307. The lowest BCUT2D eigenvalue weighted by Crippen LogP contribution is -2.33. The maximum atomic E-state index is 12.0. The molecule has 2 unspecified atom stereocenters. The van der Waals surface area contributed by atoms with Gasteiger partial charge in [0.1, 0.15) is 12.4 Å². The van der Waals surface area contributed by atoms with Crippen LogP contribution in [0.2, 0.25) is 0 Å². The van der Waals surface area contributed by atoms with Gasteiger partial charge in [-0.15, -0.1) is 0 Å². The van der Waals surface area contributed by atoms with Crippen molar-refractivity contribution in [3.05, 3.63) is 65.7 Å². The molecule has 0 aromatic heterocycles. The second kappa shape index (κ2) is 11.6. The fourth-order valence-electron chi connectivity index (χ4n) is 4.86. The van der Waals surface area contributed by atoms with E-state index in [2.05, 4.69) is 40.5 Å². The molecule has 1 N–H and O–H groups in total. The molecule has 1 saturated carbocycles. The molecule has 2 fully saturated rings. The second-order valence-electron chi connectivity index (χ2n) is 8.88. The lowest BCUT2D eigenvalue weighted by molar-refractivity contribution is -0.156. The fraction of sp³-hybridized carbons (Fsp3) is 0.519. The highest BCUT2D eigenvalue weighted by Crippen LogP contribution is 2.45. The van der Waals surface area contributed by atoms with Crippen molar-refractivity contribution in [1.29, 1.82) is 0 Å². The molecule has 33 heavy (non-hydrogen) atoms. The van der Waals surface area contributed by atoms with Crippen LogP contribution in [0.4, 0.5) is 0 Å². The summed E-state index contributed by atoms with van der Waals surface area (Å²) in [7, 11) is 0. The van der Waals surface area contributed by atoms with Crippen molar-refractivity contribution >= 4 is 5.97 Å². The highest BCUT2D eigenvalue weighted by molar-refractivity contribution is 5.75. The summed E-state index contributed by atoms with van der Waals surface area (Å²) in [6.07, 6.45) is -0.0622. The minimum atomic E-state index is -0.562. The Labute approximate surface area is 197 Å². The number of hydrogen-bond acceptors (Lipinski definition) is 6. The summed E-state index contributed by atoms with van der Waals surface area (Å²) in [6.45, 7) is 9.46. The van der Waals surface area contributed by atoms with Crippen LogP contribution in [0.5, 0.6) is 5.75 Å². The third-order valence-corrected chi connectivity index (χ3v) is 6.53. The average Bonchev–Trinajstić information content (AvgIpc) is 3.28. The topological polar surface area (TPSA) is 60.0 Å². The van der Waals surface area contributed by atoms with Gasteiger partial charge in [-0.25, -0.2) is 4.79 Å². The van der Waals surface area contributed by atoms with Crippen molar-refractivity contribution in [1.82, 2.24) is 10.2 Å². The Morgan fingerprint density at radius 3 is 2.39 bits per heavy atom. The van der Waals surface area contributed by atoms with Gasteiger partial charge in [-0.05, 0) is 48.9 Å². The van der Waals surface area contributed by atoms with Crippen LogP contribution in [0.25, 0.3) is 0 Å². The van der Waals surface area contributed by atoms with E-state index in [1.807, 2.05) is 31.2 Å². The Balaban J connectivity index is 1.12. The number of esters is 1. The molecule has 6 heteroatoms. The van der Waals surface area contributed by atoms with Crippen LogP contribution in [-0.4, -0.2) is 62.5 Å². The fourth-order valence-corrected chi connectivity index (χ4v) is 4.86. The number of piperidine rings is 1. The first-order chi connectivity index (χ1) is 16.2. The van der Waals surface area contributed by atoms with Crippen molar-refractivity contribution in [3.8, 4) is 5.75 Å². The molecule has 2 aliphatic rings.